The largest absolute Gasteiger partial charge is 0.396 e. The highest BCUT2D eigenvalue weighted by molar-refractivity contribution is 5.54. The van der Waals surface area contributed by atoms with Crippen LogP contribution in [0.3, 0.4) is 0 Å². The molecule has 0 amide bonds. The molecule has 0 radical (unpaired) electrons. The highest BCUT2D eigenvalue weighted by Crippen LogP contribution is 2.24. The summed E-state index contributed by atoms with van der Waals surface area (Å²) in [7, 11) is 2.02. The highest BCUT2D eigenvalue weighted by atomic mass is 16.3. The number of hydrogen-bond acceptors (Lipinski definition) is 4. The number of likely N-dealkylation sites (tertiary alicyclic amines) is 1. The number of benzene rings is 1. The Hall–Kier alpha value is -1.72. The van der Waals surface area contributed by atoms with Crippen molar-refractivity contribution in [1.82, 2.24) is 19.7 Å². The van der Waals surface area contributed by atoms with Crippen LogP contribution in [0.1, 0.15) is 25.6 Å². The van der Waals surface area contributed by atoms with Crippen LogP contribution in [-0.2, 0) is 13.6 Å². The van der Waals surface area contributed by atoms with Crippen LogP contribution in [0.15, 0.2) is 30.3 Å². The molecule has 0 aliphatic carbocycles. The van der Waals surface area contributed by atoms with Crippen molar-refractivity contribution in [3.8, 4) is 11.4 Å². The molecule has 3 rings (SSSR count). The van der Waals surface area contributed by atoms with Crippen LogP contribution >= 0.6 is 0 Å². The van der Waals surface area contributed by atoms with Gasteiger partial charge in [0.15, 0.2) is 5.82 Å². The maximum Gasteiger partial charge on any atom is 0.163 e. The van der Waals surface area contributed by atoms with E-state index in [2.05, 4.69) is 38.7 Å². The first kappa shape index (κ1) is 15.2. The smallest absolute Gasteiger partial charge is 0.163 e. The third-order valence-corrected chi connectivity index (χ3v) is 4.71. The monoisotopic (exact) mass is 300 g/mol. The van der Waals surface area contributed by atoms with Gasteiger partial charge in [0.25, 0.3) is 0 Å². The molecule has 22 heavy (non-hydrogen) atoms. The Morgan fingerprint density at radius 1 is 1.18 bits per heavy atom. The molecule has 1 aliphatic rings. The molecule has 1 aromatic heterocycles. The van der Waals surface area contributed by atoms with E-state index in [0.717, 1.165) is 43.1 Å². The first-order valence-electron chi connectivity index (χ1n) is 7.97. The second-order valence-corrected chi connectivity index (χ2v) is 6.27. The van der Waals surface area contributed by atoms with Crippen LogP contribution in [0.4, 0.5) is 0 Å². The van der Waals surface area contributed by atoms with Gasteiger partial charge in [-0.15, -0.1) is 10.2 Å². The molecule has 2 heterocycles. The van der Waals surface area contributed by atoms with Crippen molar-refractivity contribution in [2.45, 2.75) is 32.4 Å². The van der Waals surface area contributed by atoms with E-state index in [-0.39, 0.29) is 6.61 Å². The van der Waals surface area contributed by atoms with E-state index in [1.54, 1.807) is 0 Å². The Bertz CT molecular complexity index is 610. The second-order valence-electron chi connectivity index (χ2n) is 6.27. The second kappa shape index (κ2) is 6.58. The van der Waals surface area contributed by atoms with Crippen molar-refractivity contribution < 1.29 is 5.11 Å². The van der Waals surface area contributed by atoms with Gasteiger partial charge >= 0.3 is 0 Å². The van der Waals surface area contributed by atoms with Gasteiger partial charge in [-0.1, -0.05) is 30.3 Å². The van der Waals surface area contributed by atoms with Gasteiger partial charge in [0.1, 0.15) is 5.82 Å². The number of rotatable bonds is 4. The minimum Gasteiger partial charge on any atom is -0.396 e. The first-order valence-corrected chi connectivity index (χ1v) is 7.97. The quantitative estimate of drug-likeness (QED) is 0.939. The lowest BCUT2D eigenvalue weighted by Crippen LogP contribution is -2.42. The van der Waals surface area contributed by atoms with Crippen molar-refractivity contribution in [2.75, 3.05) is 13.2 Å². The van der Waals surface area contributed by atoms with Crippen LogP contribution in [-0.4, -0.2) is 44.0 Å². The van der Waals surface area contributed by atoms with E-state index >= 15 is 0 Å². The minimum absolute atomic E-state index is 0.275. The molecule has 1 fully saturated rings. The van der Waals surface area contributed by atoms with Gasteiger partial charge in [-0.25, -0.2) is 0 Å². The standard InChI is InChI=1S/C17H24N4O/c1-13-8-9-14(12-22)10-21(13)11-16-18-19-17(20(16)2)15-6-4-3-5-7-15/h3-7,13-14,22H,8-12H2,1-2H3. The summed E-state index contributed by atoms with van der Waals surface area (Å²) in [5.74, 6) is 2.27. The molecule has 1 N–H and O–H groups in total. The molecular formula is C17H24N4O. The molecule has 118 valence electrons. The summed E-state index contributed by atoms with van der Waals surface area (Å²) in [5, 5.41) is 18.1. The van der Waals surface area contributed by atoms with Gasteiger partial charge in [0.2, 0.25) is 0 Å². The van der Waals surface area contributed by atoms with Gasteiger partial charge in [-0.2, -0.15) is 0 Å². The van der Waals surface area contributed by atoms with Gasteiger partial charge in [0, 0.05) is 31.8 Å². The van der Waals surface area contributed by atoms with Gasteiger partial charge in [0.05, 0.1) is 6.54 Å². The zero-order valence-corrected chi connectivity index (χ0v) is 13.3. The normalized spacial score (nSPS) is 22.9. The zero-order chi connectivity index (χ0) is 15.5. The molecule has 0 saturated carbocycles. The Balaban J connectivity index is 1.77. The Morgan fingerprint density at radius 2 is 1.95 bits per heavy atom. The first-order chi connectivity index (χ1) is 10.7. The van der Waals surface area contributed by atoms with Crippen molar-refractivity contribution in [3.63, 3.8) is 0 Å². The number of aliphatic hydroxyl groups is 1. The fourth-order valence-electron chi connectivity index (χ4n) is 3.15. The van der Waals surface area contributed by atoms with Crippen LogP contribution < -0.4 is 0 Å². The van der Waals surface area contributed by atoms with Crippen LogP contribution in [0.25, 0.3) is 11.4 Å². The summed E-state index contributed by atoms with van der Waals surface area (Å²) in [5.41, 5.74) is 1.09. The predicted molar refractivity (Wildman–Crippen MR) is 86.1 cm³/mol. The maximum atomic E-state index is 9.41. The Labute approximate surface area is 131 Å². The fraction of sp³-hybridized carbons (Fsp3) is 0.529. The van der Waals surface area contributed by atoms with E-state index < -0.39 is 0 Å². The van der Waals surface area contributed by atoms with E-state index in [0.29, 0.717) is 12.0 Å². The molecule has 5 nitrogen and oxygen atoms in total. The summed E-state index contributed by atoms with van der Waals surface area (Å²) in [6.45, 7) is 4.25. The molecule has 2 aromatic rings. The zero-order valence-electron chi connectivity index (χ0n) is 13.3. The van der Waals surface area contributed by atoms with Crippen LogP contribution in [0.2, 0.25) is 0 Å². The lowest BCUT2D eigenvalue weighted by atomic mass is 9.94. The van der Waals surface area contributed by atoms with E-state index in [4.69, 9.17) is 0 Å². The summed E-state index contributed by atoms with van der Waals surface area (Å²) in [4.78, 5) is 2.41. The third kappa shape index (κ3) is 3.05. The van der Waals surface area contributed by atoms with E-state index in [1.807, 2.05) is 25.2 Å². The molecule has 1 aliphatic heterocycles. The number of aromatic nitrogens is 3. The average molecular weight is 300 g/mol. The summed E-state index contributed by atoms with van der Waals surface area (Å²) >= 11 is 0. The lowest BCUT2D eigenvalue weighted by Gasteiger charge is -2.36. The third-order valence-electron chi connectivity index (χ3n) is 4.71. The van der Waals surface area contributed by atoms with Crippen LogP contribution in [0, 0.1) is 5.92 Å². The fourth-order valence-corrected chi connectivity index (χ4v) is 3.15. The van der Waals surface area contributed by atoms with Gasteiger partial charge in [-0.3, -0.25) is 4.90 Å². The molecule has 0 bridgehead atoms. The topological polar surface area (TPSA) is 54.2 Å². The number of hydrogen-bond donors (Lipinski definition) is 1. The van der Waals surface area contributed by atoms with Crippen LogP contribution in [0.5, 0.6) is 0 Å². The van der Waals surface area contributed by atoms with Crippen molar-refractivity contribution >= 4 is 0 Å². The van der Waals surface area contributed by atoms with Crippen molar-refractivity contribution in [2.24, 2.45) is 13.0 Å². The van der Waals surface area contributed by atoms with Crippen molar-refractivity contribution in [1.29, 1.82) is 0 Å². The summed E-state index contributed by atoms with van der Waals surface area (Å²) < 4.78 is 2.07. The highest BCUT2D eigenvalue weighted by Gasteiger charge is 2.26. The molecule has 1 saturated heterocycles. The molecule has 5 heteroatoms. The SMILES string of the molecule is CC1CCC(CO)CN1Cc1nnc(-c2ccccc2)n1C. The lowest BCUT2D eigenvalue weighted by molar-refractivity contribution is 0.0744. The van der Waals surface area contributed by atoms with E-state index in [9.17, 15) is 5.11 Å². The number of aliphatic hydroxyl groups excluding tert-OH is 1. The molecular weight excluding hydrogens is 276 g/mol. The average Bonchev–Trinajstić information content (AvgIpc) is 2.91. The predicted octanol–water partition coefficient (Wildman–Crippen LogP) is 2.07. The van der Waals surface area contributed by atoms with Gasteiger partial charge in [-0.05, 0) is 25.7 Å². The molecule has 1 aromatic carbocycles. The minimum atomic E-state index is 0.275. The molecule has 2 unspecified atom stereocenters. The maximum absolute atomic E-state index is 9.41. The number of nitrogens with zero attached hydrogens (tertiary/aromatic N) is 4. The summed E-state index contributed by atoms with van der Waals surface area (Å²) in [6.07, 6.45) is 2.25. The Morgan fingerprint density at radius 3 is 2.68 bits per heavy atom. The number of piperidine rings is 1. The van der Waals surface area contributed by atoms with E-state index in [1.165, 1.54) is 0 Å². The van der Waals surface area contributed by atoms with Crippen molar-refractivity contribution in [3.05, 3.63) is 36.2 Å². The summed E-state index contributed by atoms with van der Waals surface area (Å²) in [6, 6.07) is 10.7. The molecule has 2 atom stereocenters. The Kier molecular flexibility index (Phi) is 4.55. The van der Waals surface area contributed by atoms with Gasteiger partial charge < -0.3 is 9.67 Å². The molecule has 0 spiro atoms.